The van der Waals surface area contributed by atoms with Crippen molar-refractivity contribution in [2.75, 3.05) is 13.1 Å². The van der Waals surface area contributed by atoms with Gasteiger partial charge >= 0.3 is 0 Å². The number of thiazole rings is 1. The SMILES string of the molecule is N#Cc1cccc(CN2CCNC(=O)CC2c2nccs2)c1. The molecule has 1 atom stereocenters. The summed E-state index contributed by atoms with van der Waals surface area (Å²) in [4.78, 5) is 18.5. The molecule has 2 aromatic rings. The molecule has 0 bridgehead atoms. The Morgan fingerprint density at radius 2 is 2.41 bits per heavy atom. The molecule has 1 unspecified atom stereocenters. The molecule has 0 saturated carbocycles. The van der Waals surface area contributed by atoms with E-state index in [1.807, 2.05) is 23.6 Å². The molecule has 1 aromatic carbocycles. The van der Waals surface area contributed by atoms with Crippen LogP contribution in [-0.4, -0.2) is 28.9 Å². The van der Waals surface area contributed by atoms with Crippen molar-refractivity contribution in [1.29, 1.82) is 5.26 Å². The van der Waals surface area contributed by atoms with Crippen molar-refractivity contribution in [2.45, 2.75) is 19.0 Å². The summed E-state index contributed by atoms with van der Waals surface area (Å²) in [5.41, 5.74) is 1.74. The Kier molecular flexibility index (Phi) is 4.47. The van der Waals surface area contributed by atoms with Crippen LogP contribution in [0.5, 0.6) is 0 Å². The molecule has 3 rings (SSSR count). The number of benzene rings is 1. The summed E-state index contributed by atoms with van der Waals surface area (Å²) in [6, 6.07) is 9.77. The minimum atomic E-state index is -0.00626. The van der Waals surface area contributed by atoms with Gasteiger partial charge in [-0.25, -0.2) is 4.98 Å². The van der Waals surface area contributed by atoms with E-state index < -0.39 is 0 Å². The first-order chi connectivity index (χ1) is 10.8. The molecule has 22 heavy (non-hydrogen) atoms. The minimum Gasteiger partial charge on any atom is -0.355 e. The van der Waals surface area contributed by atoms with Crippen molar-refractivity contribution in [3.8, 4) is 6.07 Å². The number of carbonyl (C=O) groups is 1. The van der Waals surface area contributed by atoms with Gasteiger partial charge in [-0.05, 0) is 17.7 Å². The third-order valence-electron chi connectivity index (χ3n) is 3.72. The molecule has 0 radical (unpaired) electrons. The van der Waals surface area contributed by atoms with Crippen LogP contribution in [0.2, 0.25) is 0 Å². The Morgan fingerprint density at radius 3 is 3.18 bits per heavy atom. The second-order valence-electron chi connectivity index (χ2n) is 5.22. The predicted molar refractivity (Wildman–Crippen MR) is 84.0 cm³/mol. The summed E-state index contributed by atoms with van der Waals surface area (Å²) in [6.07, 6.45) is 2.20. The molecule has 1 N–H and O–H groups in total. The van der Waals surface area contributed by atoms with Crippen LogP contribution in [0.15, 0.2) is 35.8 Å². The van der Waals surface area contributed by atoms with Gasteiger partial charge in [-0.3, -0.25) is 9.69 Å². The van der Waals surface area contributed by atoms with Gasteiger partial charge in [0.1, 0.15) is 5.01 Å². The molecule has 112 valence electrons. The van der Waals surface area contributed by atoms with Gasteiger partial charge in [0.15, 0.2) is 0 Å². The fourth-order valence-corrected chi connectivity index (χ4v) is 3.45. The molecular weight excluding hydrogens is 296 g/mol. The van der Waals surface area contributed by atoms with Gasteiger partial charge in [-0.15, -0.1) is 11.3 Å². The van der Waals surface area contributed by atoms with Gasteiger partial charge in [0, 0.05) is 37.6 Å². The average molecular weight is 312 g/mol. The Balaban J connectivity index is 1.85. The summed E-state index contributed by atoms with van der Waals surface area (Å²) < 4.78 is 0. The molecule has 1 aliphatic rings. The van der Waals surface area contributed by atoms with Crippen molar-refractivity contribution in [3.63, 3.8) is 0 Å². The van der Waals surface area contributed by atoms with E-state index >= 15 is 0 Å². The van der Waals surface area contributed by atoms with Crippen molar-refractivity contribution in [1.82, 2.24) is 15.2 Å². The molecule has 0 spiro atoms. The first-order valence-corrected chi connectivity index (χ1v) is 8.03. The summed E-state index contributed by atoms with van der Waals surface area (Å²) in [6.45, 7) is 2.11. The zero-order chi connectivity index (χ0) is 15.4. The van der Waals surface area contributed by atoms with E-state index in [9.17, 15) is 4.79 Å². The Labute approximate surface area is 133 Å². The first-order valence-electron chi connectivity index (χ1n) is 7.15. The van der Waals surface area contributed by atoms with Crippen molar-refractivity contribution >= 4 is 17.2 Å². The molecule has 1 aromatic heterocycles. The van der Waals surface area contributed by atoms with Crippen molar-refractivity contribution < 1.29 is 4.79 Å². The number of rotatable bonds is 3. The first kappa shape index (κ1) is 14.7. The molecule has 1 aliphatic heterocycles. The fraction of sp³-hybridized carbons (Fsp3) is 0.312. The highest BCUT2D eigenvalue weighted by Gasteiger charge is 2.28. The second-order valence-corrected chi connectivity index (χ2v) is 6.15. The van der Waals surface area contributed by atoms with Gasteiger partial charge in [0.05, 0.1) is 17.7 Å². The molecule has 1 amide bonds. The maximum Gasteiger partial charge on any atom is 0.222 e. The summed E-state index contributed by atoms with van der Waals surface area (Å²) in [5.74, 6) is 0.0634. The van der Waals surface area contributed by atoms with Gasteiger partial charge < -0.3 is 5.32 Å². The third kappa shape index (κ3) is 3.32. The molecule has 1 fully saturated rings. The lowest BCUT2D eigenvalue weighted by Crippen LogP contribution is -2.30. The van der Waals surface area contributed by atoms with Crippen LogP contribution in [0.3, 0.4) is 0 Å². The second kappa shape index (κ2) is 6.69. The van der Waals surface area contributed by atoms with Crippen LogP contribution in [-0.2, 0) is 11.3 Å². The molecule has 6 heteroatoms. The maximum atomic E-state index is 11.9. The van der Waals surface area contributed by atoms with Crippen LogP contribution in [0.25, 0.3) is 0 Å². The van der Waals surface area contributed by atoms with E-state index in [1.54, 1.807) is 23.6 Å². The van der Waals surface area contributed by atoms with Crippen LogP contribution in [0.1, 0.15) is 28.6 Å². The smallest absolute Gasteiger partial charge is 0.222 e. The molecule has 5 nitrogen and oxygen atoms in total. The number of hydrogen-bond donors (Lipinski definition) is 1. The molecular formula is C16H16N4OS. The average Bonchev–Trinajstić information content (AvgIpc) is 3.00. The van der Waals surface area contributed by atoms with E-state index in [1.165, 1.54) is 0 Å². The number of amides is 1. The summed E-state index contributed by atoms with van der Waals surface area (Å²) >= 11 is 1.58. The van der Waals surface area contributed by atoms with E-state index in [0.29, 0.717) is 25.1 Å². The summed E-state index contributed by atoms with van der Waals surface area (Å²) in [5, 5.41) is 14.8. The highest BCUT2D eigenvalue weighted by atomic mass is 32.1. The normalized spacial score (nSPS) is 19.2. The number of nitrogens with one attached hydrogen (secondary N) is 1. The van der Waals surface area contributed by atoms with Crippen LogP contribution < -0.4 is 5.32 Å². The summed E-state index contributed by atoms with van der Waals surface area (Å²) in [7, 11) is 0. The Morgan fingerprint density at radius 1 is 1.50 bits per heavy atom. The molecule has 0 aliphatic carbocycles. The zero-order valence-electron chi connectivity index (χ0n) is 12.0. The van der Waals surface area contributed by atoms with Crippen LogP contribution in [0.4, 0.5) is 0 Å². The zero-order valence-corrected chi connectivity index (χ0v) is 12.8. The highest BCUT2D eigenvalue weighted by Crippen LogP contribution is 2.28. The lowest BCUT2D eigenvalue weighted by atomic mass is 10.1. The Hall–Kier alpha value is -2.23. The lowest BCUT2D eigenvalue weighted by molar-refractivity contribution is -0.121. The highest BCUT2D eigenvalue weighted by molar-refractivity contribution is 7.09. The number of aromatic nitrogens is 1. The molecule has 2 heterocycles. The van der Waals surface area contributed by atoms with Crippen molar-refractivity contribution in [3.05, 3.63) is 52.0 Å². The lowest BCUT2D eigenvalue weighted by Gasteiger charge is -2.27. The van der Waals surface area contributed by atoms with E-state index in [2.05, 4.69) is 21.3 Å². The van der Waals surface area contributed by atoms with Crippen LogP contribution >= 0.6 is 11.3 Å². The van der Waals surface area contributed by atoms with Gasteiger partial charge in [0.2, 0.25) is 5.91 Å². The third-order valence-corrected chi connectivity index (χ3v) is 4.60. The predicted octanol–water partition coefficient (Wildman–Crippen LogP) is 2.08. The van der Waals surface area contributed by atoms with Gasteiger partial charge in [-0.1, -0.05) is 12.1 Å². The Bertz CT molecular complexity index is 692. The van der Waals surface area contributed by atoms with E-state index in [-0.39, 0.29) is 11.9 Å². The standard InChI is InChI=1S/C16H16N4OS/c17-10-12-2-1-3-13(8-12)11-20-6-4-18-15(21)9-14(20)16-19-5-7-22-16/h1-3,5,7-8,14H,4,6,9,11H2,(H,18,21). The quantitative estimate of drug-likeness (QED) is 0.942. The number of hydrogen-bond acceptors (Lipinski definition) is 5. The van der Waals surface area contributed by atoms with E-state index in [0.717, 1.165) is 17.1 Å². The van der Waals surface area contributed by atoms with Crippen LogP contribution in [0, 0.1) is 11.3 Å². The van der Waals surface area contributed by atoms with Gasteiger partial charge in [0.25, 0.3) is 0 Å². The monoisotopic (exact) mass is 312 g/mol. The fourth-order valence-electron chi connectivity index (χ4n) is 2.68. The number of nitriles is 1. The topological polar surface area (TPSA) is 69.0 Å². The van der Waals surface area contributed by atoms with Gasteiger partial charge in [-0.2, -0.15) is 5.26 Å². The minimum absolute atomic E-state index is 0.00626. The maximum absolute atomic E-state index is 11.9. The number of carbonyl (C=O) groups excluding carboxylic acids is 1. The molecule has 1 saturated heterocycles. The number of nitrogens with zero attached hydrogens (tertiary/aromatic N) is 3. The van der Waals surface area contributed by atoms with E-state index in [4.69, 9.17) is 5.26 Å². The largest absolute Gasteiger partial charge is 0.355 e. The van der Waals surface area contributed by atoms with Crippen molar-refractivity contribution in [2.24, 2.45) is 0 Å².